The highest BCUT2D eigenvalue weighted by Crippen LogP contribution is 2.44. The minimum absolute atomic E-state index is 0.161. The quantitative estimate of drug-likeness (QED) is 0.897. The maximum atomic E-state index is 6.34. The molecule has 0 amide bonds. The molecule has 1 aliphatic carbocycles. The van der Waals surface area contributed by atoms with E-state index in [0.717, 1.165) is 11.4 Å². The van der Waals surface area contributed by atoms with Crippen LogP contribution in [0.15, 0.2) is 24.3 Å². The number of rotatable bonds is 2. The average Bonchev–Trinajstić information content (AvgIpc) is 2.78. The molecule has 112 valence electrons. The average molecular weight is 283 g/mol. The number of benzene rings is 1. The number of hydrogen-bond acceptors (Lipinski definition) is 2. The SMILES string of the molecule is Cc1ccc(-c2c(C3(C)CCCCC3)nn(C)c2N)cc1. The van der Waals surface area contributed by atoms with Gasteiger partial charge < -0.3 is 5.73 Å². The molecule has 3 rings (SSSR count). The van der Waals surface area contributed by atoms with Gasteiger partial charge in [0.25, 0.3) is 0 Å². The first-order valence-corrected chi connectivity index (χ1v) is 7.91. The monoisotopic (exact) mass is 283 g/mol. The summed E-state index contributed by atoms with van der Waals surface area (Å²) in [6.45, 7) is 4.46. The Balaban J connectivity index is 2.13. The summed E-state index contributed by atoms with van der Waals surface area (Å²) in [6, 6.07) is 8.63. The molecule has 3 nitrogen and oxygen atoms in total. The zero-order valence-electron chi connectivity index (χ0n) is 13.3. The molecule has 0 unspecified atom stereocenters. The standard InChI is InChI=1S/C18H25N3/c1-13-7-9-14(10-8-13)15-16(20-21(3)17(15)19)18(2)11-5-4-6-12-18/h7-10H,4-6,11-12,19H2,1-3H3. The van der Waals surface area contributed by atoms with E-state index in [1.54, 1.807) is 0 Å². The van der Waals surface area contributed by atoms with E-state index in [4.69, 9.17) is 10.8 Å². The minimum Gasteiger partial charge on any atom is -0.383 e. The van der Waals surface area contributed by atoms with Gasteiger partial charge in [0.15, 0.2) is 0 Å². The Hall–Kier alpha value is -1.77. The molecule has 2 aromatic rings. The van der Waals surface area contributed by atoms with Crippen molar-refractivity contribution < 1.29 is 0 Å². The van der Waals surface area contributed by atoms with Gasteiger partial charge in [0.1, 0.15) is 5.82 Å². The number of nitrogens with zero attached hydrogens (tertiary/aromatic N) is 2. The topological polar surface area (TPSA) is 43.8 Å². The summed E-state index contributed by atoms with van der Waals surface area (Å²) in [7, 11) is 1.95. The molecule has 0 bridgehead atoms. The maximum Gasteiger partial charge on any atom is 0.129 e. The Morgan fingerprint density at radius 2 is 1.71 bits per heavy atom. The third-order valence-electron chi connectivity index (χ3n) is 4.96. The molecule has 21 heavy (non-hydrogen) atoms. The van der Waals surface area contributed by atoms with Crippen molar-refractivity contribution in [2.24, 2.45) is 7.05 Å². The Morgan fingerprint density at radius 1 is 1.10 bits per heavy atom. The smallest absolute Gasteiger partial charge is 0.129 e. The van der Waals surface area contributed by atoms with Crippen molar-refractivity contribution in [3.8, 4) is 11.1 Å². The van der Waals surface area contributed by atoms with Crippen LogP contribution in [0.25, 0.3) is 11.1 Å². The number of nitrogens with two attached hydrogens (primary N) is 1. The van der Waals surface area contributed by atoms with Gasteiger partial charge in [-0.15, -0.1) is 0 Å². The van der Waals surface area contributed by atoms with Gasteiger partial charge in [0.05, 0.1) is 5.69 Å². The molecule has 0 atom stereocenters. The van der Waals surface area contributed by atoms with E-state index >= 15 is 0 Å². The highest BCUT2D eigenvalue weighted by Gasteiger charge is 2.35. The van der Waals surface area contributed by atoms with Crippen LogP contribution in [0.5, 0.6) is 0 Å². The summed E-state index contributed by atoms with van der Waals surface area (Å²) in [5.74, 6) is 0.778. The van der Waals surface area contributed by atoms with Crippen LogP contribution in [0.1, 0.15) is 50.3 Å². The lowest BCUT2D eigenvalue weighted by atomic mass is 9.72. The van der Waals surface area contributed by atoms with Crippen molar-refractivity contribution in [1.29, 1.82) is 0 Å². The molecule has 1 saturated carbocycles. The largest absolute Gasteiger partial charge is 0.383 e. The van der Waals surface area contributed by atoms with Gasteiger partial charge in [0, 0.05) is 18.0 Å². The molecule has 1 aromatic carbocycles. The first kappa shape index (κ1) is 14.2. The Kier molecular flexibility index (Phi) is 3.52. The van der Waals surface area contributed by atoms with Crippen LogP contribution in [-0.4, -0.2) is 9.78 Å². The van der Waals surface area contributed by atoms with E-state index in [-0.39, 0.29) is 5.41 Å². The number of nitrogen functional groups attached to an aromatic ring is 1. The van der Waals surface area contributed by atoms with Crippen LogP contribution >= 0.6 is 0 Å². The summed E-state index contributed by atoms with van der Waals surface area (Å²) >= 11 is 0. The van der Waals surface area contributed by atoms with Gasteiger partial charge in [0.2, 0.25) is 0 Å². The van der Waals surface area contributed by atoms with Crippen molar-refractivity contribution >= 4 is 5.82 Å². The van der Waals surface area contributed by atoms with Crippen LogP contribution in [0.4, 0.5) is 5.82 Å². The third kappa shape index (κ3) is 2.45. The predicted molar refractivity (Wildman–Crippen MR) is 88.2 cm³/mol. The number of hydrogen-bond donors (Lipinski definition) is 1. The first-order valence-electron chi connectivity index (χ1n) is 7.91. The van der Waals surface area contributed by atoms with Crippen LogP contribution in [0.3, 0.4) is 0 Å². The molecule has 0 radical (unpaired) electrons. The van der Waals surface area contributed by atoms with E-state index in [1.807, 2.05) is 11.7 Å². The fourth-order valence-corrected chi connectivity index (χ4v) is 3.53. The summed E-state index contributed by atoms with van der Waals surface area (Å²) in [6.07, 6.45) is 6.35. The zero-order valence-corrected chi connectivity index (χ0v) is 13.3. The fraction of sp³-hybridized carbons (Fsp3) is 0.500. The molecule has 1 heterocycles. The maximum absolute atomic E-state index is 6.34. The summed E-state index contributed by atoms with van der Waals surface area (Å²) in [5, 5.41) is 4.80. The van der Waals surface area contributed by atoms with Gasteiger partial charge in [-0.2, -0.15) is 5.10 Å². The number of aryl methyl sites for hydroxylation is 2. The van der Waals surface area contributed by atoms with Crippen LogP contribution in [-0.2, 0) is 12.5 Å². The molecular weight excluding hydrogens is 258 g/mol. The van der Waals surface area contributed by atoms with Gasteiger partial charge in [-0.05, 0) is 25.3 Å². The third-order valence-corrected chi connectivity index (χ3v) is 4.96. The van der Waals surface area contributed by atoms with Gasteiger partial charge in [-0.3, -0.25) is 4.68 Å². The summed E-state index contributed by atoms with van der Waals surface area (Å²) in [5.41, 5.74) is 11.3. The van der Waals surface area contributed by atoms with Crippen molar-refractivity contribution in [2.45, 2.75) is 51.4 Å². The van der Waals surface area contributed by atoms with Crippen LogP contribution in [0, 0.1) is 6.92 Å². The molecule has 0 aliphatic heterocycles. The fourth-order valence-electron chi connectivity index (χ4n) is 3.53. The molecule has 3 heteroatoms. The van der Waals surface area contributed by atoms with Crippen molar-refractivity contribution in [3.63, 3.8) is 0 Å². The highest BCUT2D eigenvalue weighted by molar-refractivity contribution is 5.77. The molecule has 2 N–H and O–H groups in total. The van der Waals surface area contributed by atoms with Crippen molar-refractivity contribution in [2.75, 3.05) is 5.73 Å². The highest BCUT2D eigenvalue weighted by atomic mass is 15.3. The molecule has 1 aliphatic rings. The van der Waals surface area contributed by atoms with Gasteiger partial charge >= 0.3 is 0 Å². The van der Waals surface area contributed by atoms with Gasteiger partial charge in [-0.1, -0.05) is 56.0 Å². The van der Waals surface area contributed by atoms with Crippen LogP contribution < -0.4 is 5.73 Å². The lowest BCUT2D eigenvalue weighted by molar-refractivity contribution is 0.311. The summed E-state index contributed by atoms with van der Waals surface area (Å²) in [4.78, 5) is 0. The van der Waals surface area contributed by atoms with Crippen LogP contribution in [0.2, 0.25) is 0 Å². The second-order valence-electron chi connectivity index (χ2n) is 6.72. The normalized spacial score (nSPS) is 17.9. The summed E-state index contributed by atoms with van der Waals surface area (Å²) < 4.78 is 1.84. The second kappa shape index (κ2) is 5.21. The van der Waals surface area contributed by atoms with Crippen molar-refractivity contribution in [1.82, 2.24) is 9.78 Å². The molecule has 1 aromatic heterocycles. The van der Waals surface area contributed by atoms with E-state index in [2.05, 4.69) is 38.1 Å². The Labute approximate surface area is 127 Å². The van der Waals surface area contributed by atoms with E-state index < -0.39 is 0 Å². The minimum atomic E-state index is 0.161. The Morgan fingerprint density at radius 3 is 2.33 bits per heavy atom. The molecular formula is C18H25N3. The molecule has 0 spiro atoms. The van der Waals surface area contributed by atoms with Crippen molar-refractivity contribution in [3.05, 3.63) is 35.5 Å². The second-order valence-corrected chi connectivity index (χ2v) is 6.72. The first-order chi connectivity index (χ1) is 10.0. The van der Waals surface area contributed by atoms with Gasteiger partial charge in [-0.25, -0.2) is 0 Å². The Bertz CT molecular complexity index is 631. The zero-order chi connectivity index (χ0) is 15.0. The van der Waals surface area contributed by atoms with E-state index in [9.17, 15) is 0 Å². The van der Waals surface area contributed by atoms with E-state index in [1.165, 1.54) is 48.9 Å². The number of aromatic nitrogens is 2. The van der Waals surface area contributed by atoms with E-state index in [0.29, 0.717) is 0 Å². The lowest BCUT2D eigenvalue weighted by Crippen LogP contribution is -2.26. The molecule has 0 saturated heterocycles. The predicted octanol–water partition coefficient (Wildman–Crippen LogP) is 4.20. The molecule has 1 fully saturated rings. The number of anilines is 1. The lowest BCUT2D eigenvalue weighted by Gasteiger charge is -2.33.